The summed E-state index contributed by atoms with van der Waals surface area (Å²) in [6.45, 7) is 2.39. The number of amides is 3. The monoisotopic (exact) mass is 462 g/mol. The standard InChI is InChI=1S/C26H27ClN4O2/c27-20-8-10-21(11-9-20)29-26(33)30-22-12-13-24(31-16-4-5-17-31)23(18-22)25(32)28-15-14-19-6-2-1-3-7-19/h1-3,6-13,18H,4-5,14-17H2,(H,28,32)(H2,29,30,33). The van der Waals surface area contributed by atoms with Gasteiger partial charge in [0.25, 0.3) is 5.91 Å². The third kappa shape index (κ3) is 6.26. The molecule has 0 aromatic heterocycles. The van der Waals surface area contributed by atoms with Gasteiger partial charge in [0.2, 0.25) is 0 Å². The summed E-state index contributed by atoms with van der Waals surface area (Å²) in [6, 6.07) is 22.0. The van der Waals surface area contributed by atoms with E-state index < -0.39 is 0 Å². The fraction of sp³-hybridized carbons (Fsp3) is 0.231. The van der Waals surface area contributed by atoms with Gasteiger partial charge in [-0.25, -0.2) is 4.79 Å². The predicted molar refractivity (Wildman–Crippen MR) is 134 cm³/mol. The van der Waals surface area contributed by atoms with Gasteiger partial charge in [-0.15, -0.1) is 0 Å². The molecule has 0 saturated carbocycles. The summed E-state index contributed by atoms with van der Waals surface area (Å²) >= 11 is 5.89. The molecule has 0 radical (unpaired) electrons. The number of carbonyl (C=O) groups is 2. The Morgan fingerprint density at radius 1 is 0.848 bits per heavy atom. The quantitative estimate of drug-likeness (QED) is 0.430. The van der Waals surface area contributed by atoms with Crippen molar-refractivity contribution in [3.63, 3.8) is 0 Å². The van der Waals surface area contributed by atoms with Crippen molar-refractivity contribution in [1.29, 1.82) is 0 Å². The molecule has 1 saturated heterocycles. The maximum absolute atomic E-state index is 13.1. The van der Waals surface area contributed by atoms with Crippen LogP contribution >= 0.6 is 11.6 Å². The molecule has 170 valence electrons. The van der Waals surface area contributed by atoms with E-state index in [1.807, 2.05) is 42.5 Å². The van der Waals surface area contributed by atoms with Crippen molar-refractivity contribution in [1.82, 2.24) is 5.32 Å². The summed E-state index contributed by atoms with van der Waals surface area (Å²) < 4.78 is 0. The molecule has 1 fully saturated rings. The van der Waals surface area contributed by atoms with Crippen LogP contribution in [0.25, 0.3) is 0 Å². The Kier molecular flexibility index (Phi) is 7.47. The summed E-state index contributed by atoms with van der Waals surface area (Å²) in [6.07, 6.45) is 2.98. The first-order valence-corrected chi connectivity index (χ1v) is 11.5. The minimum absolute atomic E-state index is 0.144. The SMILES string of the molecule is O=C(Nc1ccc(Cl)cc1)Nc1ccc(N2CCCC2)c(C(=O)NCCc2ccccc2)c1. The lowest BCUT2D eigenvalue weighted by molar-refractivity contribution is 0.0954. The highest BCUT2D eigenvalue weighted by Crippen LogP contribution is 2.28. The number of hydrogen-bond acceptors (Lipinski definition) is 3. The molecule has 7 heteroatoms. The highest BCUT2D eigenvalue weighted by molar-refractivity contribution is 6.30. The molecule has 1 heterocycles. The lowest BCUT2D eigenvalue weighted by Crippen LogP contribution is -2.29. The first-order valence-electron chi connectivity index (χ1n) is 11.1. The summed E-state index contributed by atoms with van der Waals surface area (Å²) in [5.74, 6) is -0.144. The second kappa shape index (κ2) is 10.9. The molecule has 4 rings (SSSR count). The van der Waals surface area contributed by atoms with Gasteiger partial charge in [-0.05, 0) is 67.3 Å². The number of anilines is 3. The van der Waals surface area contributed by atoms with Gasteiger partial charge in [0.15, 0.2) is 0 Å². The molecule has 6 nitrogen and oxygen atoms in total. The Bertz CT molecular complexity index is 1100. The predicted octanol–water partition coefficient (Wildman–Crippen LogP) is 5.56. The van der Waals surface area contributed by atoms with Crippen LogP contribution in [0, 0.1) is 0 Å². The van der Waals surface area contributed by atoms with E-state index in [0.717, 1.165) is 38.0 Å². The molecule has 1 aliphatic rings. The molecule has 3 amide bonds. The zero-order valence-corrected chi connectivity index (χ0v) is 19.1. The van der Waals surface area contributed by atoms with Gasteiger partial charge < -0.3 is 20.9 Å². The van der Waals surface area contributed by atoms with Gasteiger partial charge >= 0.3 is 6.03 Å². The molecule has 0 unspecified atom stereocenters. The van der Waals surface area contributed by atoms with Crippen molar-refractivity contribution in [3.05, 3.63) is 88.9 Å². The zero-order chi connectivity index (χ0) is 23.0. The second-order valence-electron chi connectivity index (χ2n) is 8.00. The zero-order valence-electron chi connectivity index (χ0n) is 18.3. The van der Waals surface area contributed by atoms with Gasteiger partial charge in [-0.2, -0.15) is 0 Å². The van der Waals surface area contributed by atoms with Crippen LogP contribution in [-0.4, -0.2) is 31.6 Å². The lowest BCUT2D eigenvalue weighted by atomic mass is 10.1. The minimum Gasteiger partial charge on any atom is -0.371 e. The molecule has 0 aliphatic carbocycles. The van der Waals surface area contributed by atoms with Gasteiger partial charge in [0.05, 0.1) is 5.56 Å². The fourth-order valence-electron chi connectivity index (χ4n) is 3.92. The summed E-state index contributed by atoms with van der Waals surface area (Å²) in [7, 11) is 0. The summed E-state index contributed by atoms with van der Waals surface area (Å²) in [5, 5.41) is 9.22. The van der Waals surface area contributed by atoms with Crippen LogP contribution in [0.2, 0.25) is 5.02 Å². The van der Waals surface area contributed by atoms with E-state index in [-0.39, 0.29) is 11.9 Å². The third-order valence-electron chi connectivity index (χ3n) is 5.59. The maximum Gasteiger partial charge on any atom is 0.323 e. The minimum atomic E-state index is -0.387. The highest BCUT2D eigenvalue weighted by atomic mass is 35.5. The number of rotatable bonds is 7. The van der Waals surface area contributed by atoms with Crippen molar-refractivity contribution >= 4 is 40.6 Å². The average molecular weight is 463 g/mol. The number of halogens is 1. The topological polar surface area (TPSA) is 73.5 Å². The van der Waals surface area contributed by atoms with Gasteiger partial charge in [0.1, 0.15) is 0 Å². The van der Waals surface area contributed by atoms with E-state index >= 15 is 0 Å². The highest BCUT2D eigenvalue weighted by Gasteiger charge is 2.20. The Morgan fingerprint density at radius 3 is 2.24 bits per heavy atom. The van der Waals surface area contributed by atoms with Gasteiger partial charge in [0, 0.05) is 41.7 Å². The van der Waals surface area contributed by atoms with Crippen LogP contribution in [0.5, 0.6) is 0 Å². The van der Waals surface area contributed by atoms with E-state index in [1.165, 1.54) is 5.56 Å². The van der Waals surface area contributed by atoms with Gasteiger partial charge in [-0.3, -0.25) is 4.79 Å². The molecular formula is C26H27ClN4O2. The number of carbonyl (C=O) groups excluding carboxylic acids is 2. The Labute approximate surface area is 198 Å². The lowest BCUT2D eigenvalue weighted by Gasteiger charge is -2.22. The van der Waals surface area contributed by atoms with E-state index in [9.17, 15) is 9.59 Å². The molecule has 0 atom stereocenters. The third-order valence-corrected chi connectivity index (χ3v) is 5.84. The van der Waals surface area contributed by atoms with Crippen molar-refractivity contribution < 1.29 is 9.59 Å². The molecule has 3 aromatic carbocycles. The van der Waals surface area contributed by atoms with Crippen molar-refractivity contribution in [3.8, 4) is 0 Å². The molecular weight excluding hydrogens is 436 g/mol. The smallest absolute Gasteiger partial charge is 0.323 e. The van der Waals surface area contributed by atoms with E-state index in [4.69, 9.17) is 11.6 Å². The largest absolute Gasteiger partial charge is 0.371 e. The average Bonchev–Trinajstić information content (AvgIpc) is 3.36. The molecule has 3 aromatic rings. The second-order valence-corrected chi connectivity index (χ2v) is 8.44. The molecule has 0 spiro atoms. The number of benzene rings is 3. The Morgan fingerprint density at radius 2 is 1.52 bits per heavy atom. The van der Waals surface area contributed by atoms with Gasteiger partial charge in [-0.1, -0.05) is 41.9 Å². The number of urea groups is 1. The van der Waals surface area contributed by atoms with Crippen molar-refractivity contribution in [2.24, 2.45) is 0 Å². The van der Waals surface area contributed by atoms with E-state index in [2.05, 4.69) is 20.9 Å². The van der Waals surface area contributed by atoms with Crippen LogP contribution in [0.4, 0.5) is 21.9 Å². The van der Waals surface area contributed by atoms with Crippen LogP contribution in [0.3, 0.4) is 0 Å². The molecule has 33 heavy (non-hydrogen) atoms. The van der Waals surface area contributed by atoms with Crippen LogP contribution in [-0.2, 0) is 6.42 Å². The Balaban J connectivity index is 1.45. The molecule has 3 N–H and O–H groups in total. The fourth-order valence-corrected chi connectivity index (χ4v) is 4.04. The summed E-state index contributed by atoms with van der Waals surface area (Å²) in [4.78, 5) is 27.8. The Hall–Kier alpha value is -3.51. The first kappa shape index (κ1) is 22.7. The van der Waals surface area contributed by atoms with Crippen LogP contribution < -0.4 is 20.9 Å². The first-order chi connectivity index (χ1) is 16.1. The van der Waals surface area contributed by atoms with Crippen molar-refractivity contribution in [2.75, 3.05) is 35.2 Å². The number of hydrogen-bond donors (Lipinski definition) is 3. The van der Waals surface area contributed by atoms with E-state index in [0.29, 0.717) is 28.5 Å². The number of nitrogens with one attached hydrogen (secondary N) is 3. The van der Waals surface area contributed by atoms with Crippen molar-refractivity contribution in [2.45, 2.75) is 19.3 Å². The normalized spacial score (nSPS) is 12.9. The number of nitrogens with zero attached hydrogens (tertiary/aromatic N) is 1. The molecule has 1 aliphatic heterocycles. The maximum atomic E-state index is 13.1. The molecule has 0 bridgehead atoms. The summed E-state index contributed by atoms with van der Waals surface area (Å²) in [5.41, 5.74) is 3.82. The van der Waals surface area contributed by atoms with Crippen LogP contribution in [0.1, 0.15) is 28.8 Å². The van der Waals surface area contributed by atoms with Crippen LogP contribution in [0.15, 0.2) is 72.8 Å². The van der Waals surface area contributed by atoms with E-state index in [1.54, 1.807) is 30.3 Å².